The molecule has 0 spiro atoms. The monoisotopic (exact) mass is 537 g/mol. The number of phenols is 1. The maximum Gasteiger partial charge on any atom is 0.303 e. The lowest BCUT2D eigenvalue weighted by molar-refractivity contribution is -0.141. The lowest BCUT2D eigenvalue weighted by atomic mass is 9.68. The second-order valence-corrected chi connectivity index (χ2v) is 11.3. The number of benzene rings is 1. The molecular formula is C32H43NO6. The van der Waals surface area contributed by atoms with Gasteiger partial charge in [0, 0.05) is 18.9 Å². The highest BCUT2D eigenvalue weighted by atomic mass is 16.5. The van der Waals surface area contributed by atoms with Gasteiger partial charge in [-0.3, -0.25) is 19.3 Å². The number of hydrogen-bond acceptors (Lipinski definition) is 5. The number of amides is 2. The molecule has 0 bridgehead atoms. The maximum atomic E-state index is 13.5. The molecule has 1 aromatic rings. The van der Waals surface area contributed by atoms with E-state index < -0.39 is 5.97 Å². The van der Waals surface area contributed by atoms with E-state index in [0.29, 0.717) is 38.8 Å². The van der Waals surface area contributed by atoms with Crippen LogP contribution in [0.5, 0.6) is 5.75 Å². The van der Waals surface area contributed by atoms with Crippen LogP contribution in [0.2, 0.25) is 0 Å². The van der Waals surface area contributed by atoms with Gasteiger partial charge in [0.05, 0.1) is 24.5 Å². The topological polar surface area (TPSA) is 104 Å². The van der Waals surface area contributed by atoms with Crippen LogP contribution in [0, 0.1) is 17.8 Å². The normalized spacial score (nSPS) is 24.9. The van der Waals surface area contributed by atoms with Crippen LogP contribution >= 0.6 is 0 Å². The molecule has 0 radical (unpaired) electrons. The van der Waals surface area contributed by atoms with Crippen LogP contribution in [0.4, 0.5) is 0 Å². The lowest BCUT2D eigenvalue weighted by Crippen LogP contribution is -2.34. The van der Waals surface area contributed by atoms with E-state index in [1.54, 1.807) is 12.1 Å². The van der Waals surface area contributed by atoms with Crippen molar-refractivity contribution in [2.45, 2.75) is 90.6 Å². The number of hydrogen-bond donors (Lipinski definition) is 2. The van der Waals surface area contributed by atoms with Gasteiger partial charge in [-0.25, -0.2) is 0 Å². The summed E-state index contributed by atoms with van der Waals surface area (Å²) in [5.74, 6) is -1.33. The highest BCUT2D eigenvalue weighted by Crippen LogP contribution is 2.50. The summed E-state index contributed by atoms with van der Waals surface area (Å²) < 4.78 is 6.38. The van der Waals surface area contributed by atoms with Crippen molar-refractivity contribution in [2.75, 3.05) is 13.2 Å². The number of aliphatic carboxylic acids is 1. The minimum atomic E-state index is -0.815. The number of rotatable bonds is 14. The van der Waals surface area contributed by atoms with Crippen molar-refractivity contribution in [3.05, 3.63) is 46.5 Å². The zero-order valence-corrected chi connectivity index (χ0v) is 23.4. The summed E-state index contributed by atoms with van der Waals surface area (Å²) in [4.78, 5) is 39.1. The minimum Gasteiger partial charge on any atom is -0.508 e. The Morgan fingerprint density at radius 3 is 2.46 bits per heavy atom. The molecule has 0 aromatic heterocycles. The van der Waals surface area contributed by atoms with Crippen LogP contribution < -0.4 is 0 Å². The average molecular weight is 538 g/mol. The summed E-state index contributed by atoms with van der Waals surface area (Å²) in [7, 11) is 0. The summed E-state index contributed by atoms with van der Waals surface area (Å²) in [6.45, 7) is 5.20. The first kappa shape index (κ1) is 29.1. The number of carboxylic acid groups (broad SMARTS) is 1. The van der Waals surface area contributed by atoms with Crippen LogP contribution in [-0.2, 0) is 19.1 Å². The van der Waals surface area contributed by atoms with E-state index in [9.17, 15) is 19.5 Å². The van der Waals surface area contributed by atoms with Crippen molar-refractivity contribution in [1.29, 1.82) is 0 Å². The van der Waals surface area contributed by atoms with Crippen molar-refractivity contribution in [2.24, 2.45) is 17.8 Å². The highest BCUT2D eigenvalue weighted by molar-refractivity contribution is 6.06. The molecule has 2 fully saturated rings. The van der Waals surface area contributed by atoms with E-state index in [0.717, 1.165) is 44.1 Å². The van der Waals surface area contributed by atoms with E-state index >= 15 is 0 Å². The van der Waals surface area contributed by atoms with Crippen LogP contribution in [-0.4, -0.2) is 52.2 Å². The van der Waals surface area contributed by atoms with Gasteiger partial charge in [0.1, 0.15) is 5.75 Å². The molecule has 2 amide bonds. The number of aromatic hydroxyl groups is 1. The number of allylic oxidation sites excluding steroid dienone is 2. The molecule has 0 saturated carbocycles. The molecule has 2 aliphatic heterocycles. The molecular weight excluding hydrogens is 494 g/mol. The number of likely N-dealkylation sites (tertiary alicyclic amines) is 1. The first-order valence-corrected chi connectivity index (χ1v) is 14.7. The van der Waals surface area contributed by atoms with Crippen molar-refractivity contribution in [3.63, 3.8) is 0 Å². The number of nitrogens with zero attached hydrogens (tertiary/aromatic N) is 1. The van der Waals surface area contributed by atoms with Crippen molar-refractivity contribution >= 4 is 23.9 Å². The molecule has 39 heavy (non-hydrogen) atoms. The Labute approximate surface area is 231 Å². The number of unbranched alkanes of at least 4 members (excludes halogenated alkanes) is 2. The fraction of sp³-hybridized carbons (Fsp3) is 0.594. The number of carboxylic acids is 1. The van der Waals surface area contributed by atoms with Crippen LogP contribution in [0.3, 0.4) is 0 Å². The summed E-state index contributed by atoms with van der Waals surface area (Å²) >= 11 is 0. The van der Waals surface area contributed by atoms with Gasteiger partial charge < -0.3 is 14.9 Å². The molecule has 212 valence electrons. The van der Waals surface area contributed by atoms with Gasteiger partial charge in [-0.05, 0) is 68.2 Å². The fourth-order valence-corrected chi connectivity index (χ4v) is 6.73. The number of fused-ring (bicyclic) bond motifs is 3. The Bertz CT molecular complexity index is 1100. The molecule has 2 heterocycles. The average Bonchev–Trinajstić information content (AvgIpc) is 3.43. The van der Waals surface area contributed by atoms with E-state index in [1.807, 2.05) is 12.1 Å². The van der Waals surface area contributed by atoms with Crippen LogP contribution in [0.15, 0.2) is 41.0 Å². The summed E-state index contributed by atoms with van der Waals surface area (Å²) in [5, 5.41) is 18.5. The Kier molecular flexibility index (Phi) is 10.0. The fourth-order valence-electron chi connectivity index (χ4n) is 6.73. The first-order valence-electron chi connectivity index (χ1n) is 14.7. The predicted molar refractivity (Wildman–Crippen MR) is 150 cm³/mol. The zero-order chi connectivity index (χ0) is 27.9. The van der Waals surface area contributed by atoms with E-state index in [1.165, 1.54) is 21.6 Å². The third-order valence-electron chi connectivity index (χ3n) is 8.49. The zero-order valence-electron chi connectivity index (χ0n) is 23.4. The third-order valence-corrected chi connectivity index (χ3v) is 8.49. The van der Waals surface area contributed by atoms with E-state index in [4.69, 9.17) is 9.84 Å². The van der Waals surface area contributed by atoms with Gasteiger partial charge in [-0.15, -0.1) is 0 Å². The lowest BCUT2D eigenvalue weighted by Gasteiger charge is -2.32. The molecule has 7 heteroatoms. The molecule has 4 atom stereocenters. The SMILES string of the molecule is CCCC1=C2[C@@H](CC/C(=C/c3ccc(O)cc3)CCC)OC[C@@H]2[C@@H]2C(=O)N(CCCCCC(=O)O)C(=O)[C@@H]2C1. The molecule has 7 nitrogen and oxygen atoms in total. The van der Waals surface area contributed by atoms with Gasteiger partial charge in [-0.1, -0.05) is 62.5 Å². The van der Waals surface area contributed by atoms with Gasteiger partial charge in [0.25, 0.3) is 0 Å². The number of carbonyl (C=O) groups is 3. The Hall–Kier alpha value is -2.93. The van der Waals surface area contributed by atoms with Crippen LogP contribution in [0.25, 0.3) is 6.08 Å². The van der Waals surface area contributed by atoms with E-state index in [-0.39, 0.29) is 47.8 Å². The molecule has 3 aliphatic rings. The molecule has 4 rings (SSSR count). The van der Waals surface area contributed by atoms with Crippen molar-refractivity contribution < 1.29 is 29.3 Å². The smallest absolute Gasteiger partial charge is 0.303 e. The van der Waals surface area contributed by atoms with Gasteiger partial charge in [-0.2, -0.15) is 0 Å². The second-order valence-electron chi connectivity index (χ2n) is 11.3. The molecule has 1 aromatic carbocycles. The van der Waals surface area contributed by atoms with Gasteiger partial charge in [0.15, 0.2) is 0 Å². The maximum absolute atomic E-state index is 13.5. The van der Waals surface area contributed by atoms with Crippen LogP contribution in [0.1, 0.15) is 90.0 Å². The molecule has 2 N–H and O–H groups in total. The number of phenolic OH excluding ortho intramolecular Hbond substituents is 1. The highest BCUT2D eigenvalue weighted by Gasteiger charge is 2.56. The molecule has 2 saturated heterocycles. The van der Waals surface area contributed by atoms with Gasteiger partial charge in [0.2, 0.25) is 11.8 Å². The Balaban J connectivity index is 1.46. The predicted octanol–water partition coefficient (Wildman–Crippen LogP) is 6.12. The summed E-state index contributed by atoms with van der Waals surface area (Å²) in [5.41, 5.74) is 5.02. The summed E-state index contributed by atoms with van der Waals surface area (Å²) in [6.07, 6.45) is 10.6. The molecule has 0 unspecified atom stereocenters. The minimum absolute atomic E-state index is 0.0226. The molecule has 1 aliphatic carbocycles. The third kappa shape index (κ3) is 6.81. The standard InChI is InChI=1S/C32H43NO6/c1-3-8-21(18-22-11-14-24(34)15-12-22)13-16-27-29-23(9-4-2)19-25-30(26(29)20-39-27)32(38)33(31(25)37)17-7-5-6-10-28(35)36/h11-12,14-15,18,25-27,30,34H,3-10,13,16-17,19-20H2,1-2H3,(H,35,36)/b21-18+/t25-,26+,27-,30-/m1/s1. The van der Waals surface area contributed by atoms with Gasteiger partial charge >= 0.3 is 5.97 Å². The van der Waals surface area contributed by atoms with E-state index in [2.05, 4.69) is 19.9 Å². The number of imide groups is 1. The quantitative estimate of drug-likeness (QED) is 0.168. The largest absolute Gasteiger partial charge is 0.508 e. The Morgan fingerprint density at radius 2 is 1.77 bits per heavy atom. The second kappa shape index (κ2) is 13.4. The Morgan fingerprint density at radius 1 is 1.00 bits per heavy atom. The van der Waals surface area contributed by atoms with Crippen molar-refractivity contribution in [3.8, 4) is 5.75 Å². The number of carbonyl (C=O) groups excluding carboxylic acids is 2. The van der Waals surface area contributed by atoms with Crippen molar-refractivity contribution in [1.82, 2.24) is 4.90 Å². The first-order chi connectivity index (χ1) is 18.8. The number of ether oxygens (including phenoxy) is 1. The summed E-state index contributed by atoms with van der Waals surface area (Å²) in [6, 6.07) is 7.27.